The molecule has 94 valence electrons. The van der Waals surface area contributed by atoms with Gasteiger partial charge in [-0.2, -0.15) is 5.10 Å². The largest absolute Gasteiger partial charge is 0.289 e. The first-order valence-corrected chi connectivity index (χ1v) is 5.64. The fraction of sp³-hybridized carbons (Fsp3) is 0.182. The van der Waals surface area contributed by atoms with Gasteiger partial charge in [-0.1, -0.05) is 17.7 Å². The Hall–Kier alpha value is -1.92. The molecule has 2 aromatic rings. The highest BCUT2D eigenvalue weighted by Crippen LogP contribution is 2.13. The Morgan fingerprint density at radius 1 is 1.56 bits per heavy atom. The Morgan fingerprint density at radius 2 is 2.33 bits per heavy atom. The van der Waals surface area contributed by atoms with Gasteiger partial charge < -0.3 is 0 Å². The normalized spacial score (nSPS) is 10.4. The van der Waals surface area contributed by atoms with Crippen LogP contribution in [-0.4, -0.2) is 20.7 Å². The molecule has 0 aliphatic rings. The van der Waals surface area contributed by atoms with E-state index in [1.807, 2.05) is 12.3 Å². The summed E-state index contributed by atoms with van der Waals surface area (Å²) in [6.45, 7) is 2.27. The summed E-state index contributed by atoms with van der Waals surface area (Å²) in [5.74, 6) is 4.63. The predicted octanol–water partition coefficient (Wildman–Crippen LogP) is 0.892. The highest BCUT2D eigenvalue weighted by atomic mass is 35.5. The van der Waals surface area contributed by atoms with Crippen LogP contribution in [0.15, 0.2) is 24.4 Å². The molecular formula is C11H12ClN5O. The zero-order valence-electron chi connectivity index (χ0n) is 9.72. The summed E-state index contributed by atoms with van der Waals surface area (Å²) < 4.78 is 1.67. The SMILES string of the molecule is Cc1nn(Cc2cccc(C(=O)NN)n2)cc1Cl. The lowest BCUT2D eigenvalue weighted by atomic mass is 10.3. The van der Waals surface area contributed by atoms with E-state index >= 15 is 0 Å². The van der Waals surface area contributed by atoms with E-state index in [4.69, 9.17) is 17.4 Å². The molecule has 0 spiro atoms. The van der Waals surface area contributed by atoms with Gasteiger partial charge in [-0.05, 0) is 19.1 Å². The first kappa shape index (κ1) is 12.5. The molecule has 0 aromatic carbocycles. The second-order valence-corrected chi connectivity index (χ2v) is 4.15. The number of carbonyl (C=O) groups excluding carboxylic acids is 1. The average molecular weight is 266 g/mol. The quantitative estimate of drug-likeness (QED) is 0.490. The number of hydrazine groups is 1. The van der Waals surface area contributed by atoms with Crippen molar-refractivity contribution in [2.45, 2.75) is 13.5 Å². The molecule has 0 radical (unpaired) electrons. The molecule has 0 fully saturated rings. The monoisotopic (exact) mass is 265 g/mol. The van der Waals surface area contributed by atoms with Crippen molar-refractivity contribution in [3.8, 4) is 0 Å². The van der Waals surface area contributed by atoms with Crippen LogP contribution in [0.2, 0.25) is 5.02 Å². The summed E-state index contributed by atoms with van der Waals surface area (Å²) in [5, 5.41) is 4.82. The van der Waals surface area contributed by atoms with Gasteiger partial charge in [0.15, 0.2) is 0 Å². The van der Waals surface area contributed by atoms with Crippen LogP contribution in [0.5, 0.6) is 0 Å². The molecule has 0 aliphatic heterocycles. The van der Waals surface area contributed by atoms with Gasteiger partial charge in [0.2, 0.25) is 0 Å². The molecule has 7 heteroatoms. The van der Waals surface area contributed by atoms with Crippen molar-refractivity contribution in [2.75, 3.05) is 0 Å². The molecule has 2 heterocycles. The minimum Gasteiger partial charge on any atom is -0.289 e. The summed E-state index contributed by atoms with van der Waals surface area (Å²) in [6.07, 6.45) is 1.72. The molecule has 3 N–H and O–H groups in total. The minimum absolute atomic E-state index is 0.268. The van der Waals surface area contributed by atoms with Crippen molar-refractivity contribution >= 4 is 17.5 Å². The Labute approximate surface area is 109 Å². The second kappa shape index (κ2) is 5.16. The number of nitrogen functional groups attached to an aromatic ring is 1. The maximum absolute atomic E-state index is 11.3. The zero-order valence-corrected chi connectivity index (χ0v) is 10.5. The van der Waals surface area contributed by atoms with E-state index in [2.05, 4.69) is 10.1 Å². The number of halogens is 1. The zero-order chi connectivity index (χ0) is 13.1. The van der Waals surface area contributed by atoms with Gasteiger partial charge in [-0.15, -0.1) is 0 Å². The van der Waals surface area contributed by atoms with Gasteiger partial charge in [0.25, 0.3) is 5.91 Å². The summed E-state index contributed by atoms with van der Waals surface area (Å²) in [7, 11) is 0. The van der Waals surface area contributed by atoms with Gasteiger partial charge in [0.1, 0.15) is 5.69 Å². The Kier molecular flexibility index (Phi) is 3.59. The maximum Gasteiger partial charge on any atom is 0.283 e. The molecule has 0 atom stereocenters. The van der Waals surface area contributed by atoms with E-state index < -0.39 is 5.91 Å². The predicted molar refractivity (Wildman–Crippen MR) is 67.0 cm³/mol. The number of hydrogen-bond donors (Lipinski definition) is 2. The molecule has 6 nitrogen and oxygen atoms in total. The van der Waals surface area contributed by atoms with Gasteiger partial charge in [0.05, 0.1) is 23.0 Å². The highest BCUT2D eigenvalue weighted by Gasteiger charge is 2.07. The minimum atomic E-state index is -0.425. The fourth-order valence-corrected chi connectivity index (χ4v) is 1.66. The number of aryl methyl sites for hydroxylation is 1. The van der Waals surface area contributed by atoms with E-state index in [1.54, 1.807) is 29.1 Å². The number of nitrogens with zero attached hydrogens (tertiary/aromatic N) is 3. The third kappa shape index (κ3) is 2.66. The third-order valence-corrected chi connectivity index (χ3v) is 2.75. The number of nitrogens with one attached hydrogen (secondary N) is 1. The first-order valence-electron chi connectivity index (χ1n) is 5.26. The lowest BCUT2D eigenvalue weighted by molar-refractivity contribution is 0.0948. The number of aromatic nitrogens is 3. The number of nitrogens with two attached hydrogens (primary N) is 1. The van der Waals surface area contributed by atoms with Crippen LogP contribution in [0.25, 0.3) is 0 Å². The molecule has 0 saturated heterocycles. The van der Waals surface area contributed by atoms with Crippen molar-refractivity contribution < 1.29 is 4.79 Å². The topological polar surface area (TPSA) is 85.8 Å². The van der Waals surface area contributed by atoms with E-state index in [9.17, 15) is 4.79 Å². The number of pyridine rings is 1. The first-order chi connectivity index (χ1) is 8.60. The van der Waals surface area contributed by atoms with E-state index in [0.29, 0.717) is 17.3 Å². The molecule has 2 aromatic heterocycles. The van der Waals surface area contributed by atoms with Gasteiger partial charge >= 0.3 is 0 Å². The molecule has 0 bridgehead atoms. The molecule has 1 amide bonds. The molecule has 2 rings (SSSR count). The van der Waals surface area contributed by atoms with Crippen molar-refractivity contribution in [1.82, 2.24) is 20.2 Å². The fourth-order valence-electron chi connectivity index (χ4n) is 1.51. The third-order valence-electron chi connectivity index (χ3n) is 2.38. The lowest BCUT2D eigenvalue weighted by Gasteiger charge is -2.03. The number of carbonyl (C=O) groups is 1. The van der Waals surface area contributed by atoms with Crippen LogP contribution in [0.4, 0.5) is 0 Å². The molecular weight excluding hydrogens is 254 g/mol. The Balaban J connectivity index is 2.21. The van der Waals surface area contributed by atoms with Crippen LogP contribution in [-0.2, 0) is 6.54 Å². The summed E-state index contributed by atoms with van der Waals surface area (Å²) in [4.78, 5) is 15.5. The lowest BCUT2D eigenvalue weighted by Crippen LogP contribution is -2.30. The maximum atomic E-state index is 11.3. The van der Waals surface area contributed by atoms with Crippen molar-refractivity contribution in [1.29, 1.82) is 0 Å². The van der Waals surface area contributed by atoms with Crippen molar-refractivity contribution in [3.05, 3.63) is 46.5 Å². The Bertz CT molecular complexity index is 561. The molecule has 0 unspecified atom stereocenters. The molecule has 0 saturated carbocycles. The summed E-state index contributed by atoms with van der Waals surface area (Å²) in [6, 6.07) is 5.14. The van der Waals surface area contributed by atoms with E-state index in [1.165, 1.54) is 0 Å². The van der Waals surface area contributed by atoms with Crippen LogP contribution >= 0.6 is 11.6 Å². The van der Waals surface area contributed by atoms with Crippen LogP contribution in [0.3, 0.4) is 0 Å². The van der Waals surface area contributed by atoms with E-state index in [-0.39, 0.29) is 5.69 Å². The number of hydrogen-bond acceptors (Lipinski definition) is 4. The smallest absolute Gasteiger partial charge is 0.283 e. The van der Waals surface area contributed by atoms with Crippen molar-refractivity contribution in [3.63, 3.8) is 0 Å². The Morgan fingerprint density at radius 3 is 2.94 bits per heavy atom. The second-order valence-electron chi connectivity index (χ2n) is 3.75. The summed E-state index contributed by atoms with van der Waals surface area (Å²) in [5.41, 5.74) is 3.77. The van der Waals surface area contributed by atoms with Crippen LogP contribution < -0.4 is 11.3 Å². The van der Waals surface area contributed by atoms with Crippen LogP contribution in [0, 0.1) is 6.92 Å². The average Bonchev–Trinajstić information content (AvgIpc) is 2.67. The van der Waals surface area contributed by atoms with Gasteiger partial charge in [-0.3, -0.25) is 14.9 Å². The number of rotatable bonds is 3. The highest BCUT2D eigenvalue weighted by molar-refractivity contribution is 6.31. The summed E-state index contributed by atoms with van der Waals surface area (Å²) >= 11 is 5.92. The number of amides is 1. The van der Waals surface area contributed by atoms with E-state index in [0.717, 1.165) is 5.69 Å². The van der Waals surface area contributed by atoms with Crippen molar-refractivity contribution in [2.24, 2.45) is 5.84 Å². The van der Waals surface area contributed by atoms with Gasteiger partial charge in [-0.25, -0.2) is 10.8 Å². The molecule has 18 heavy (non-hydrogen) atoms. The standard InChI is InChI=1S/C11H12ClN5O/c1-7-9(12)6-17(16-7)5-8-3-2-4-10(14-8)11(18)15-13/h2-4,6H,5,13H2,1H3,(H,15,18). The van der Waals surface area contributed by atoms with Gasteiger partial charge in [0, 0.05) is 6.20 Å². The van der Waals surface area contributed by atoms with Crippen LogP contribution in [0.1, 0.15) is 21.9 Å². The molecule has 0 aliphatic carbocycles.